The number of aliphatic hydroxyl groups excluding tert-OH is 1. The van der Waals surface area contributed by atoms with Crippen LogP contribution in [0.3, 0.4) is 0 Å². The zero-order valence-electron chi connectivity index (χ0n) is 13.4. The van der Waals surface area contributed by atoms with Crippen molar-refractivity contribution in [3.05, 3.63) is 29.3 Å². The third kappa shape index (κ3) is 3.52. The lowest BCUT2D eigenvalue weighted by atomic mass is 9.82. The molecule has 2 saturated carbocycles. The minimum atomic E-state index is -0.220. The number of rotatable bonds is 5. The summed E-state index contributed by atoms with van der Waals surface area (Å²) in [5, 5.41) is 9.60. The third-order valence-corrected chi connectivity index (χ3v) is 5.25. The zero-order chi connectivity index (χ0) is 15.5. The van der Waals surface area contributed by atoms with Crippen molar-refractivity contribution in [3.8, 4) is 5.75 Å². The molecule has 0 amide bonds. The van der Waals surface area contributed by atoms with Crippen LogP contribution < -0.4 is 4.74 Å². The van der Waals surface area contributed by atoms with E-state index in [1.807, 2.05) is 25.1 Å². The van der Waals surface area contributed by atoms with E-state index in [-0.39, 0.29) is 17.8 Å². The quantitative estimate of drug-likeness (QED) is 0.839. The van der Waals surface area contributed by atoms with Crippen LogP contribution in [0.2, 0.25) is 0 Å². The first-order valence-corrected chi connectivity index (χ1v) is 8.59. The summed E-state index contributed by atoms with van der Waals surface area (Å²) in [6.45, 7) is 2.76. The summed E-state index contributed by atoms with van der Waals surface area (Å²) in [4.78, 5) is 12.7. The monoisotopic (exact) mass is 302 g/mol. The van der Waals surface area contributed by atoms with Crippen molar-refractivity contribution in [2.24, 2.45) is 11.8 Å². The molecule has 0 spiro atoms. The molecule has 2 fully saturated rings. The molecular weight excluding hydrogens is 276 g/mol. The fraction of sp³-hybridized carbons (Fsp3) is 0.632. The summed E-state index contributed by atoms with van der Waals surface area (Å²) in [7, 11) is 0. The number of benzene rings is 1. The Labute approximate surface area is 132 Å². The molecule has 3 rings (SSSR count). The van der Waals surface area contributed by atoms with Crippen LogP contribution in [0.25, 0.3) is 0 Å². The standard InChI is InChI=1S/C19H26O3/c1-13-5-10-17(22-12-14-3-2-4-14)11-18(13)19(21)15-6-8-16(20)9-7-15/h5,10-11,14-16,20H,2-4,6-9,12H2,1H3. The van der Waals surface area contributed by atoms with E-state index in [0.29, 0.717) is 5.92 Å². The van der Waals surface area contributed by atoms with Crippen LogP contribution in [0.1, 0.15) is 60.9 Å². The zero-order valence-corrected chi connectivity index (χ0v) is 13.4. The lowest BCUT2D eigenvalue weighted by molar-refractivity contribution is 0.0763. The molecule has 2 aliphatic rings. The van der Waals surface area contributed by atoms with Crippen LogP contribution >= 0.6 is 0 Å². The van der Waals surface area contributed by atoms with Gasteiger partial charge < -0.3 is 9.84 Å². The van der Waals surface area contributed by atoms with E-state index in [1.165, 1.54) is 19.3 Å². The summed E-state index contributed by atoms with van der Waals surface area (Å²) in [5.74, 6) is 1.79. The molecule has 0 radical (unpaired) electrons. The molecule has 0 heterocycles. The van der Waals surface area contributed by atoms with Gasteiger partial charge in [-0.25, -0.2) is 0 Å². The van der Waals surface area contributed by atoms with Gasteiger partial charge in [0.1, 0.15) is 5.75 Å². The first-order chi connectivity index (χ1) is 10.6. The minimum absolute atomic E-state index is 0.0592. The maximum absolute atomic E-state index is 12.7. The highest BCUT2D eigenvalue weighted by Gasteiger charge is 2.27. The number of aliphatic hydroxyl groups is 1. The second-order valence-electron chi connectivity index (χ2n) is 6.95. The van der Waals surface area contributed by atoms with Crippen molar-refractivity contribution in [2.75, 3.05) is 6.61 Å². The normalized spacial score (nSPS) is 25.5. The van der Waals surface area contributed by atoms with E-state index in [2.05, 4.69) is 0 Å². The Morgan fingerprint density at radius 1 is 1.18 bits per heavy atom. The van der Waals surface area contributed by atoms with Crippen LogP contribution in [0.5, 0.6) is 5.75 Å². The number of hydrogen-bond donors (Lipinski definition) is 1. The Morgan fingerprint density at radius 2 is 1.91 bits per heavy atom. The lowest BCUT2D eigenvalue weighted by Crippen LogP contribution is -2.25. The molecule has 0 saturated heterocycles. The van der Waals surface area contributed by atoms with Gasteiger partial charge in [-0.2, -0.15) is 0 Å². The van der Waals surface area contributed by atoms with Crippen molar-refractivity contribution >= 4 is 5.78 Å². The molecule has 1 aromatic rings. The van der Waals surface area contributed by atoms with E-state index in [1.54, 1.807) is 0 Å². The predicted molar refractivity (Wildman–Crippen MR) is 86.3 cm³/mol. The average Bonchev–Trinajstić information content (AvgIpc) is 2.47. The van der Waals surface area contributed by atoms with E-state index < -0.39 is 0 Å². The minimum Gasteiger partial charge on any atom is -0.493 e. The molecule has 3 heteroatoms. The van der Waals surface area contributed by atoms with Gasteiger partial charge in [-0.05, 0) is 69.1 Å². The van der Waals surface area contributed by atoms with Crippen molar-refractivity contribution in [3.63, 3.8) is 0 Å². The number of aryl methyl sites for hydroxylation is 1. The highest BCUT2D eigenvalue weighted by Crippen LogP contribution is 2.31. The van der Waals surface area contributed by atoms with E-state index in [0.717, 1.165) is 49.2 Å². The van der Waals surface area contributed by atoms with Crippen molar-refractivity contribution in [1.29, 1.82) is 0 Å². The molecule has 22 heavy (non-hydrogen) atoms. The molecule has 3 nitrogen and oxygen atoms in total. The Hall–Kier alpha value is -1.35. The molecule has 1 aromatic carbocycles. The summed E-state index contributed by atoms with van der Waals surface area (Å²) in [6.07, 6.45) is 6.71. The second kappa shape index (κ2) is 6.82. The predicted octanol–water partition coefficient (Wildman–Crippen LogP) is 3.91. The lowest BCUT2D eigenvalue weighted by Gasteiger charge is -2.26. The number of carbonyl (C=O) groups excluding carboxylic acids is 1. The summed E-state index contributed by atoms with van der Waals surface area (Å²) < 4.78 is 5.87. The molecule has 0 aromatic heterocycles. The smallest absolute Gasteiger partial charge is 0.166 e. The highest BCUT2D eigenvalue weighted by atomic mass is 16.5. The number of ketones is 1. The molecule has 0 atom stereocenters. The molecule has 0 aliphatic heterocycles. The van der Waals surface area contributed by atoms with Gasteiger partial charge in [-0.1, -0.05) is 12.5 Å². The number of Topliss-reactive ketones (excluding diaryl/α,β-unsaturated/α-hetero) is 1. The maximum atomic E-state index is 12.7. The first kappa shape index (κ1) is 15.5. The fourth-order valence-electron chi connectivity index (χ4n) is 3.39. The number of ether oxygens (including phenoxy) is 1. The summed E-state index contributed by atoms with van der Waals surface area (Å²) in [6, 6.07) is 5.87. The van der Waals surface area contributed by atoms with Gasteiger partial charge in [0.2, 0.25) is 0 Å². The van der Waals surface area contributed by atoms with Gasteiger partial charge in [0.25, 0.3) is 0 Å². The first-order valence-electron chi connectivity index (χ1n) is 8.59. The van der Waals surface area contributed by atoms with Crippen molar-refractivity contribution in [2.45, 2.75) is 58.0 Å². The molecule has 2 aliphatic carbocycles. The Kier molecular flexibility index (Phi) is 4.82. The third-order valence-electron chi connectivity index (χ3n) is 5.25. The Balaban J connectivity index is 1.67. The maximum Gasteiger partial charge on any atom is 0.166 e. The highest BCUT2D eigenvalue weighted by molar-refractivity contribution is 5.99. The second-order valence-corrected chi connectivity index (χ2v) is 6.95. The van der Waals surface area contributed by atoms with Crippen LogP contribution in [0, 0.1) is 18.8 Å². The van der Waals surface area contributed by atoms with Crippen molar-refractivity contribution in [1.82, 2.24) is 0 Å². The van der Waals surface area contributed by atoms with Gasteiger partial charge in [-0.3, -0.25) is 4.79 Å². The van der Waals surface area contributed by atoms with Gasteiger partial charge in [0.15, 0.2) is 5.78 Å². The molecule has 0 unspecified atom stereocenters. The molecular formula is C19H26O3. The van der Waals surface area contributed by atoms with Crippen LogP contribution in [0.4, 0.5) is 0 Å². The SMILES string of the molecule is Cc1ccc(OCC2CCC2)cc1C(=O)C1CCC(O)CC1. The van der Waals surface area contributed by atoms with Crippen LogP contribution in [-0.2, 0) is 0 Å². The molecule has 0 bridgehead atoms. The fourth-order valence-corrected chi connectivity index (χ4v) is 3.39. The van der Waals surface area contributed by atoms with Crippen LogP contribution in [-0.4, -0.2) is 23.6 Å². The Bertz CT molecular complexity index is 525. The van der Waals surface area contributed by atoms with Gasteiger partial charge in [0, 0.05) is 11.5 Å². The summed E-state index contributed by atoms with van der Waals surface area (Å²) >= 11 is 0. The van der Waals surface area contributed by atoms with Gasteiger partial charge >= 0.3 is 0 Å². The molecule has 120 valence electrons. The number of carbonyl (C=O) groups is 1. The number of hydrogen-bond acceptors (Lipinski definition) is 3. The van der Waals surface area contributed by atoms with E-state index in [9.17, 15) is 9.90 Å². The summed E-state index contributed by atoms with van der Waals surface area (Å²) in [5.41, 5.74) is 1.82. The van der Waals surface area contributed by atoms with Gasteiger partial charge in [0.05, 0.1) is 12.7 Å². The van der Waals surface area contributed by atoms with Gasteiger partial charge in [-0.15, -0.1) is 0 Å². The van der Waals surface area contributed by atoms with Crippen molar-refractivity contribution < 1.29 is 14.6 Å². The topological polar surface area (TPSA) is 46.5 Å². The average molecular weight is 302 g/mol. The van der Waals surface area contributed by atoms with Crippen LogP contribution in [0.15, 0.2) is 18.2 Å². The van der Waals surface area contributed by atoms with E-state index in [4.69, 9.17) is 4.74 Å². The van der Waals surface area contributed by atoms with E-state index >= 15 is 0 Å². The largest absolute Gasteiger partial charge is 0.493 e. The molecule has 1 N–H and O–H groups in total. The Morgan fingerprint density at radius 3 is 2.55 bits per heavy atom.